The second-order valence-corrected chi connectivity index (χ2v) is 8.80. The zero-order valence-electron chi connectivity index (χ0n) is 18.4. The number of hydrogen-bond acceptors (Lipinski definition) is 7. The van der Waals surface area contributed by atoms with Crippen LogP contribution in [-0.2, 0) is 11.2 Å². The molecule has 1 aromatic carbocycles. The van der Waals surface area contributed by atoms with E-state index in [-0.39, 0.29) is 17.3 Å². The average molecular weight is 424 g/mol. The van der Waals surface area contributed by atoms with Crippen molar-refractivity contribution in [2.24, 2.45) is 5.41 Å². The van der Waals surface area contributed by atoms with Gasteiger partial charge in [-0.25, -0.2) is 9.78 Å². The largest absolute Gasteiger partial charge is 0.450 e. The molecule has 2 aliphatic rings. The van der Waals surface area contributed by atoms with Crippen LogP contribution < -0.4 is 10.2 Å². The van der Waals surface area contributed by atoms with Gasteiger partial charge in [-0.3, -0.25) is 4.79 Å². The molecule has 1 fully saturated rings. The lowest BCUT2D eigenvalue weighted by Crippen LogP contribution is -2.49. The van der Waals surface area contributed by atoms with E-state index in [1.807, 2.05) is 30.3 Å². The summed E-state index contributed by atoms with van der Waals surface area (Å²) in [6.07, 6.45) is 0.910. The zero-order chi connectivity index (χ0) is 22.0. The van der Waals surface area contributed by atoms with Crippen molar-refractivity contribution < 1.29 is 14.3 Å². The smallest absolute Gasteiger partial charge is 0.409 e. The third-order valence-corrected chi connectivity index (χ3v) is 5.66. The summed E-state index contributed by atoms with van der Waals surface area (Å²) in [6, 6.07) is 9.72. The van der Waals surface area contributed by atoms with E-state index in [0.29, 0.717) is 56.5 Å². The van der Waals surface area contributed by atoms with E-state index in [9.17, 15) is 9.59 Å². The third-order valence-electron chi connectivity index (χ3n) is 5.66. The molecule has 0 atom stereocenters. The molecular weight excluding hydrogens is 394 g/mol. The minimum Gasteiger partial charge on any atom is -0.450 e. The second kappa shape index (κ2) is 8.53. The Morgan fingerprint density at radius 1 is 1.10 bits per heavy atom. The first-order valence-corrected chi connectivity index (χ1v) is 10.8. The minimum atomic E-state index is -0.285. The molecule has 1 amide bonds. The molecule has 0 unspecified atom stereocenters. The summed E-state index contributed by atoms with van der Waals surface area (Å²) in [5, 5.41) is 3.33. The molecular formula is C23H29N5O3. The van der Waals surface area contributed by atoms with Crippen molar-refractivity contribution in [2.75, 3.05) is 43.0 Å². The number of aromatic nitrogens is 2. The minimum absolute atomic E-state index is 0.0726. The molecule has 31 heavy (non-hydrogen) atoms. The Kier molecular flexibility index (Phi) is 5.80. The van der Waals surface area contributed by atoms with E-state index >= 15 is 0 Å². The number of ketones is 1. The number of amides is 1. The fraction of sp³-hybridized carbons (Fsp3) is 0.478. The molecule has 0 saturated carbocycles. The van der Waals surface area contributed by atoms with Gasteiger partial charge in [-0.05, 0) is 30.9 Å². The summed E-state index contributed by atoms with van der Waals surface area (Å²) in [4.78, 5) is 38.3. The maximum atomic E-state index is 13.0. The number of carbonyl (C=O) groups excluding carboxylic acids is 2. The van der Waals surface area contributed by atoms with Gasteiger partial charge in [0.05, 0.1) is 17.9 Å². The fourth-order valence-corrected chi connectivity index (χ4v) is 4.15. The summed E-state index contributed by atoms with van der Waals surface area (Å²) in [5.74, 6) is 1.22. The van der Waals surface area contributed by atoms with Gasteiger partial charge in [0, 0.05) is 38.3 Å². The molecule has 0 radical (unpaired) electrons. The van der Waals surface area contributed by atoms with Crippen LogP contribution in [0.3, 0.4) is 0 Å². The Bertz CT molecular complexity index is 969. The summed E-state index contributed by atoms with van der Waals surface area (Å²) in [7, 11) is 0. The number of ether oxygens (including phenoxy) is 1. The Morgan fingerprint density at radius 3 is 2.48 bits per heavy atom. The lowest BCUT2D eigenvalue weighted by Gasteiger charge is -2.35. The maximum absolute atomic E-state index is 13.0. The van der Waals surface area contributed by atoms with Crippen LogP contribution in [0.4, 0.5) is 22.2 Å². The first-order chi connectivity index (χ1) is 14.9. The number of Topliss-reactive ketones (excluding diaryl/α,β-unsaturated/α-hetero) is 1. The van der Waals surface area contributed by atoms with E-state index in [1.54, 1.807) is 11.8 Å². The molecule has 1 N–H and O–H groups in total. The SMILES string of the molecule is CCOC(=O)N1CCN(c2nc3c(c(Nc4ccccc4)n2)C(=O)CC(C)(C)C3)CC1. The molecule has 4 rings (SSSR count). The molecule has 164 valence electrons. The first kappa shape index (κ1) is 21.1. The molecule has 1 aliphatic heterocycles. The number of para-hydroxylation sites is 1. The zero-order valence-corrected chi connectivity index (χ0v) is 18.4. The Morgan fingerprint density at radius 2 is 1.81 bits per heavy atom. The number of hydrogen-bond donors (Lipinski definition) is 1. The van der Waals surface area contributed by atoms with Gasteiger partial charge >= 0.3 is 6.09 Å². The van der Waals surface area contributed by atoms with Crippen LogP contribution in [0.1, 0.15) is 43.2 Å². The van der Waals surface area contributed by atoms with Crippen molar-refractivity contribution >= 4 is 29.3 Å². The number of nitrogens with zero attached hydrogens (tertiary/aromatic N) is 4. The second-order valence-electron chi connectivity index (χ2n) is 8.80. The van der Waals surface area contributed by atoms with Crippen molar-refractivity contribution in [1.29, 1.82) is 0 Å². The van der Waals surface area contributed by atoms with Gasteiger partial charge in [-0.15, -0.1) is 0 Å². The standard InChI is InChI=1S/C23H29N5O3/c1-4-31-22(30)28-12-10-27(11-13-28)21-25-17-14-23(2,3)15-18(29)19(17)20(26-21)24-16-8-6-5-7-9-16/h5-9H,4,10-15H2,1-3H3,(H,24,25,26). The molecule has 8 heteroatoms. The van der Waals surface area contributed by atoms with E-state index in [0.717, 1.165) is 17.8 Å². The van der Waals surface area contributed by atoms with Crippen LogP contribution >= 0.6 is 0 Å². The fourth-order valence-electron chi connectivity index (χ4n) is 4.15. The molecule has 1 aliphatic carbocycles. The maximum Gasteiger partial charge on any atom is 0.409 e. The highest BCUT2D eigenvalue weighted by Gasteiger charge is 2.35. The summed E-state index contributed by atoms with van der Waals surface area (Å²) in [5.41, 5.74) is 2.12. The number of fused-ring (bicyclic) bond motifs is 1. The van der Waals surface area contributed by atoms with Gasteiger partial charge < -0.3 is 19.9 Å². The van der Waals surface area contributed by atoms with Gasteiger partial charge in [-0.2, -0.15) is 4.98 Å². The monoisotopic (exact) mass is 423 g/mol. The Hall–Kier alpha value is -3.16. The third kappa shape index (κ3) is 4.62. The predicted octanol–water partition coefficient (Wildman–Crippen LogP) is 3.65. The normalized spacial score (nSPS) is 17.8. The molecule has 8 nitrogen and oxygen atoms in total. The van der Waals surface area contributed by atoms with Crippen LogP contribution in [0.25, 0.3) is 0 Å². The highest BCUT2D eigenvalue weighted by molar-refractivity contribution is 6.03. The topological polar surface area (TPSA) is 87.7 Å². The van der Waals surface area contributed by atoms with Crippen LogP contribution in [0.5, 0.6) is 0 Å². The molecule has 1 aromatic heterocycles. The van der Waals surface area contributed by atoms with Crippen molar-refractivity contribution in [3.05, 3.63) is 41.6 Å². The quantitative estimate of drug-likeness (QED) is 0.803. The van der Waals surface area contributed by atoms with Crippen molar-refractivity contribution in [3.8, 4) is 0 Å². The number of benzene rings is 1. The van der Waals surface area contributed by atoms with Gasteiger partial charge in [0.25, 0.3) is 0 Å². The number of piperazine rings is 1. The highest BCUT2D eigenvalue weighted by Crippen LogP contribution is 2.38. The van der Waals surface area contributed by atoms with Gasteiger partial charge in [0.2, 0.25) is 5.95 Å². The van der Waals surface area contributed by atoms with Crippen molar-refractivity contribution in [3.63, 3.8) is 0 Å². The molecule has 0 bridgehead atoms. The molecule has 2 heterocycles. The number of rotatable bonds is 4. The van der Waals surface area contributed by atoms with Gasteiger partial charge in [0.1, 0.15) is 5.82 Å². The molecule has 2 aromatic rings. The van der Waals surface area contributed by atoms with E-state index in [1.165, 1.54) is 0 Å². The van der Waals surface area contributed by atoms with Gasteiger partial charge in [-0.1, -0.05) is 32.0 Å². The van der Waals surface area contributed by atoms with Crippen LogP contribution in [0, 0.1) is 5.41 Å². The van der Waals surface area contributed by atoms with Gasteiger partial charge in [0.15, 0.2) is 5.78 Å². The first-order valence-electron chi connectivity index (χ1n) is 10.8. The number of anilines is 3. The average Bonchev–Trinajstić information content (AvgIpc) is 2.73. The summed E-state index contributed by atoms with van der Waals surface area (Å²) < 4.78 is 5.11. The predicted molar refractivity (Wildman–Crippen MR) is 119 cm³/mol. The molecule has 1 saturated heterocycles. The summed E-state index contributed by atoms with van der Waals surface area (Å²) in [6.45, 7) is 8.68. The van der Waals surface area contributed by atoms with Crippen LogP contribution in [-0.4, -0.2) is 59.5 Å². The Balaban J connectivity index is 1.64. The highest BCUT2D eigenvalue weighted by atomic mass is 16.6. The number of carbonyl (C=O) groups is 2. The summed E-state index contributed by atoms with van der Waals surface area (Å²) >= 11 is 0. The lowest BCUT2D eigenvalue weighted by atomic mass is 9.75. The van der Waals surface area contributed by atoms with Crippen LogP contribution in [0.15, 0.2) is 30.3 Å². The van der Waals surface area contributed by atoms with E-state index < -0.39 is 0 Å². The van der Waals surface area contributed by atoms with Crippen molar-refractivity contribution in [1.82, 2.24) is 14.9 Å². The number of nitrogens with one attached hydrogen (secondary N) is 1. The molecule has 0 spiro atoms. The Labute approximate surface area is 182 Å². The lowest BCUT2D eigenvalue weighted by molar-refractivity contribution is 0.0910. The van der Waals surface area contributed by atoms with E-state index in [4.69, 9.17) is 14.7 Å². The van der Waals surface area contributed by atoms with E-state index in [2.05, 4.69) is 24.1 Å². The van der Waals surface area contributed by atoms with Crippen molar-refractivity contribution in [2.45, 2.75) is 33.6 Å². The van der Waals surface area contributed by atoms with Crippen LogP contribution in [0.2, 0.25) is 0 Å².